The number of fused-ring (bicyclic) bond motifs is 1. The van der Waals surface area contributed by atoms with Gasteiger partial charge in [0.15, 0.2) is 11.0 Å². The lowest BCUT2D eigenvalue weighted by Crippen LogP contribution is -2.04. The van der Waals surface area contributed by atoms with Gasteiger partial charge in [-0.15, -0.1) is 11.3 Å². The maximum atomic E-state index is 12.0. The van der Waals surface area contributed by atoms with E-state index < -0.39 is 0 Å². The molecule has 0 spiro atoms. The summed E-state index contributed by atoms with van der Waals surface area (Å²) in [6.45, 7) is 0. The fourth-order valence-corrected chi connectivity index (χ4v) is 2.43. The Morgan fingerprint density at radius 2 is 1.78 bits per heavy atom. The van der Waals surface area contributed by atoms with Gasteiger partial charge in [-0.05, 0) is 23.6 Å². The number of rotatable bonds is 1. The molecular weight excluding hydrogens is 248 g/mol. The van der Waals surface area contributed by atoms with Crippen molar-refractivity contribution in [3.63, 3.8) is 0 Å². The van der Waals surface area contributed by atoms with Gasteiger partial charge >= 0.3 is 0 Å². The molecule has 3 nitrogen and oxygen atoms in total. The summed E-state index contributed by atoms with van der Waals surface area (Å²) < 4.78 is 5.58. The third kappa shape index (κ3) is 1.76. The molecule has 88 valence electrons. The zero-order chi connectivity index (χ0) is 12.5. The van der Waals surface area contributed by atoms with Crippen LogP contribution in [0.1, 0.15) is 0 Å². The van der Waals surface area contributed by atoms with Gasteiger partial charge in [0.1, 0.15) is 5.76 Å². The summed E-state index contributed by atoms with van der Waals surface area (Å²) >= 11 is 1.46. The van der Waals surface area contributed by atoms with E-state index in [0.717, 1.165) is 4.88 Å². The van der Waals surface area contributed by atoms with Crippen LogP contribution < -0.4 is 10.9 Å². The van der Waals surface area contributed by atoms with Crippen LogP contribution in [0.15, 0.2) is 61.9 Å². The molecule has 0 saturated carbocycles. The predicted octanol–water partition coefficient (Wildman–Crippen LogP) is 2.88. The highest BCUT2D eigenvalue weighted by Gasteiger charge is 2.08. The summed E-state index contributed by atoms with van der Waals surface area (Å²) in [4.78, 5) is 24.6. The average Bonchev–Trinajstić information content (AvgIpc) is 2.82. The minimum Gasteiger partial charge on any atom is -0.451 e. The second-order valence-corrected chi connectivity index (χ2v) is 4.73. The molecule has 2 heterocycles. The van der Waals surface area contributed by atoms with Gasteiger partial charge in [-0.3, -0.25) is 9.59 Å². The molecule has 0 amide bonds. The Bertz CT molecular complexity index is 816. The molecule has 0 aliphatic carbocycles. The van der Waals surface area contributed by atoms with E-state index in [0.29, 0.717) is 11.1 Å². The van der Waals surface area contributed by atoms with Crippen LogP contribution in [-0.4, -0.2) is 0 Å². The minimum absolute atomic E-state index is 0.107. The van der Waals surface area contributed by atoms with E-state index in [-0.39, 0.29) is 16.4 Å². The molecule has 0 aliphatic rings. The number of hydrogen-bond donors (Lipinski definition) is 0. The Morgan fingerprint density at radius 1 is 0.944 bits per heavy atom. The van der Waals surface area contributed by atoms with Gasteiger partial charge in [-0.1, -0.05) is 18.2 Å². The first-order valence-corrected chi connectivity index (χ1v) is 6.25. The fourth-order valence-electron chi connectivity index (χ4n) is 1.75. The van der Waals surface area contributed by atoms with Crippen LogP contribution in [0.2, 0.25) is 0 Å². The lowest BCUT2D eigenvalue weighted by molar-refractivity contribution is 0.618. The Morgan fingerprint density at radius 3 is 2.56 bits per heavy atom. The molecule has 2 aromatic heterocycles. The molecule has 3 rings (SSSR count). The van der Waals surface area contributed by atoms with Crippen molar-refractivity contribution in [2.45, 2.75) is 0 Å². The molecule has 0 N–H and O–H groups in total. The van der Waals surface area contributed by atoms with Crippen LogP contribution in [0, 0.1) is 0 Å². The van der Waals surface area contributed by atoms with Crippen LogP contribution >= 0.6 is 11.3 Å². The third-order valence-corrected chi connectivity index (χ3v) is 3.48. The van der Waals surface area contributed by atoms with Gasteiger partial charge in [-0.2, -0.15) is 0 Å². The highest BCUT2D eigenvalue weighted by Crippen LogP contribution is 2.24. The molecule has 0 bridgehead atoms. The first-order valence-electron chi connectivity index (χ1n) is 5.37. The van der Waals surface area contributed by atoms with Gasteiger partial charge in [0.25, 0.3) is 0 Å². The van der Waals surface area contributed by atoms with Crippen molar-refractivity contribution in [3.8, 4) is 10.6 Å². The van der Waals surface area contributed by atoms with Gasteiger partial charge < -0.3 is 4.42 Å². The lowest BCUT2D eigenvalue weighted by Gasteiger charge is -1.97. The summed E-state index contributed by atoms with van der Waals surface area (Å²) in [6, 6.07) is 11.4. The summed E-state index contributed by atoms with van der Waals surface area (Å²) in [7, 11) is 0. The van der Waals surface area contributed by atoms with Crippen molar-refractivity contribution in [1.29, 1.82) is 0 Å². The Balaban J connectivity index is 2.45. The minimum atomic E-state index is -0.287. The Kier molecular flexibility index (Phi) is 2.57. The zero-order valence-electron chi connectivity index (χ0n) is 9.25. The Labute approximate surface area is 106 Å². The molecular formula is C14H8O3S. The zero-order valence-corrected chi connectivity index (χ0v) is 10.1. The lowest BCUT2D eigenvalue weighted by atomic mass is 10.2. The molecule has 0 radical (unpaired) electrons. The predicted molar refractivity (Wildman–Crippen MR) is 72.1 cm³/mol. The molecule has 0 atom stereocenters. The van der Waals surface area contributed by atoms with Crippen LogP contribution in [0.3, 0.4) is 0 Å². The summed E-state index contributed by atoms with van der Waals surface area (Å²) in [5.74, 6) is 0.436. The summed E-state index contributed by atoms with van der Waals surface area (Å²) in [6.07, 6.45) is 0. The van der Waals surface area contributed by atoms with E-state index in [4.69, 9.17) is 4.42 Å². The van der Waals surface area contributed by atoms with Gasteiger partial charge in [-0.25, -0.2) is 0 Å². The van der Waals surface area contributed by atoms with E-state index in [1.165, 1.54) is 23.5 Å². The highest BCUT2D eigenvalue weighted by molar-refractivity contribution is 7.13. The van der Waals surface area contributed by atoms with Crippen molar-refractivity contribution in [3.05, 3.63) is 68.3 Å². The maximum Gasteiger partial charge on any atom is 0.221 e. The normalized spacial score (nSPS) is 10.7. The topological polar surface area (TPSA) is 47.3 Å². The SMILES string of the molecule is O=c1cc(-c2cccs2)oc2c(=O)ccccc12. The van der Waals surface area contributed by atoms with E-state index in [1.807, 2.05) is 17.5 Å². The highest BCUT2D eigenvalue weighted by atomic mass is 32.1. The van der Waals surface area contributed by atoms with Crippen LogP contribution in [0.4, 0.5) is 0 Å². The fraction of sp³-hybridized carbons (Fsp3) is 0. The van der Waals surface area contributed by atoms with E-state index in [1.54, 1.807) is 18.2 Å². The van der Waals surface area contributed by atoms with Crippen molar-refractivity contribution < 1.29 is 4.42 Å². The van der Waals surface area contributed by atoms with Crippen molar-refractivity contribution in [2.75, 3.05) is 0 Å². The molecule has 0 fully saturated rings. The molecule has 1 aromatic carbocycles. The van der Waals surface area contributed by atoms with Gasteiger partial charge in [0.05, 0.1) is 10.3 Å². The molecule has 0 unspecified atom stereocenters. The summed E-state index contributed by atoms with van der Waals surface area (Å²) in [5.41, 5.74) is -0.380. The van der Waals surface area contributed by atoms with Crippen LogP contribution in [0.5, 0.6) is 0 Å². The molecule has 0 aliphatic heterocycles. The second kappa shape index (κ2) is 4.23. The monoisotopic (exact) mass is 256 g/mol. The maximum absolute atomic E-state index is 12.0. The van der Waals surface area contributed by atoms with Gasteiger partial charge in [0, 0.05) is 6.07 Å². The smallest absolute Gasteiger partial charge is 0.221 e. The number of thiophene rings is 1. The molecule has 3 aromatic rings. The van der Waals surface area contributed by atoms with E-state index >= 15 is 0 Å². The second-order valence-electron chi connectivity index (χ2n) is 3.78. The van der Waals surface area contributed by atoms with Crippen LogP contribution in [0.25, 0.3) is 21.6 Å². The van der Waals surface area contributed by atoms with Crippen molar-refractivity contribution in [2.24, 2.45) is 0 Å². The standard InChI is InChI=1S/C14H8O3S/c15-10-5-2-1-4-9-11(16)8-12(17-14(9)10)13-6-3-7-18-13/h1-8H. The molecule has 18 heavy (non-hydrogen) atoms. The Hall–Kier alpha value is -2.20. The average molecular weight is 256 g/mol. The van der Waals surface area contributed by atoms with Gasteiger partial charge in [0.2, 0.25) is 5.43 Å². The van der Waals surface area contributed by atoms with Crippen molar-refractivity contribution in [1.82, 2.24) is 0 Å². The largest absolute Gasteiger partial charge is 0.451 e. The third-order valence-electron chi connectivity index (χ3n) is 2.59. The van der Waals surface area contributed by atoms with Crippen LogP contribution in [-0.2, 0) is 0 Å². The molecule has 4 heteroatoms. The quantitative estimate of drug-likeness (QED) is 0.672. The van der Waals surface area contributed by atoms with E-state index in [9.17, 15) is 9.59 Å². The first kappa shape index (κ1) is 10.9. The van der Waals surface area contributed by atoms with Crippen molar-refractivity contribution >= 4 is 22.3 Å². The molecule has 0 saturated heterocycles. The first-order chi connectivity index (χ1) is 8.75. The van der Waals surface area contributed by atoms with E-state index in [2.05, 4.69) is 0 Å². The summed E-state index contributed by atoms with van der Waals surface area (Å²) in [5, 5.41) is 2.20. The number of hydrogen-bond acceptors (Lipinski definition) is 4.